The molecule has 0 radical (unpaired) electrons. The second kappa shape index (κ2) is 4.93. The summed E-state index contributed by atoms with van der Waals surface area (Å²) in [5.74, 6) is -0.611. The fourth-order valence-corrected chi connectivity index (χ4v) is 2.77. The van der Waals surface area contributed by atoms with Crippen LogP contribution in [0.2, 0.25) is 0 Å². The number of hydrogen-bond acceptors (Lipinski definition) is 5. The van der Waals surface area contributed by atoms with E-state index in [1.54, 1.807) is 12.1 Å². The maximum atomic E-state index is 14.0. The molecule has 0 bridgehead atoms. The number of fused-ring (bicyclic) bond motifs is 1. The van der Waals surface area contributed by atoms with Gasteiger partial charge in [0.2, 0.25) is 12.4 Å². The predicted octanol–water partition coefficient (Wildman–Crippen LogP) is 2.77. The van der Waals surface area contributed by atoms with Gasteiger partial charge in [-0.2, -0.15) is 4.39 Å². The lowest BCUT2D eigenvalue weighted by molar-refractivity contribution is -0.105. The monoisotopic (exact) mass is 288 g/mol. The number of halogens is 1. The molecular formula is C13H9FN4OS. The number of thiazole rings is 1. The van der Waals surface area contributed by atoms with Crippen molar-refractivity contribution in [2.24, 2.45) is 0 Å². The van der Waals surface area contributed by atoms with Crippen molar-refractivity contribution < 1.29 is 9.18 Å². The molecule has 0 aliphatic carbocycles. The Bertz CT molecular complexity index is 802. The number of hydrogen-bond donors (Lipinski definition) is 1. The fourth-order valence-electron chi connectivity index (χ4n) is 2.00. The third-order valence-electron chi connectivity index (χ3n) is 2.78. The smallest absolute Gasteiger partial charge is 0.220 e. The van der Waals surface area contributed by atoms with Gasteiger partial charge in [-0.05, 0) is 19.1 Å². The molecule has 1 amide bonds. The number of aryl methyl sites for hydroxylation is 1. The van der Waals surface area contributed by atoms with Crippen LogP contribution in [-0.2, 0) is 4.79 Å². The number of aromatic nitrogens is 3. The Hall–Kier alpha value is -2.41. The van der Waals surface area contributed by atoms with Crippen molar-refractivity contribution in [3.63, 3.8) is 0 Å². The van der Waals surface area contributed by atoms with Crippen LogP contribution in [0, 0.1) is 12.9 Å². The van der Waals surface area contributed by atoms with E-state index in [0.29, 0.717) is 28.0 Å². The molecule has 5 nitrogen and oxygen atoms in total. The van der Waals surface area contributed by atoms with Crippen molar-refractivity contribution in [2.75, 3.05) is 5.32 Å². The lowest BCUT2D eigenvalue weighted by Gasteiger charge is -2.09. The van der Waals surface area contributed by atoms with Gasteiger partial charge >= 0.3 is 0 Å². The molecule has 7 heteroatoms. The molecule has 3 aromatic rings. The standard InChI is InChI=1S/C13H9FN4OS/c1-7-18-11-10(8-3-2-4-15-12(8)14)9(17-6-19)5-16-13(11)20-7/h2-6H,1H3,(H,17,19). The summed E-state index contributed by atoms with van der Waals surface area (Å²) in [7, 11) is 0. The van der Waals surface area contributed by atoms with Crippen molar-refractivity contribution in [3.8, 4) is 11.1 Å². The van der Waals surface area contributed by atoms with Crippen LogP contribution in [0.1, 0.15) is 5.01 Å². The molecule has 0 aliphatic heterocycles. The second-order valence-corrected chi connectivity index (χ2v) is 5.22. The van der Waals surface area contributed by atoms with E-state index in [-0.39, 0.29) is 5.56 Å². The molecule has 0 aromatic carbocycles. The van der Waals surface area contributed by atoms with Crippen molar-refractivity contribution >= 4 is 33.8 Å². The van der Waals surface area contributed by atoms with Crippen LogP contribution in [0.5, 0.6) is 0 Å². The number of nitrogens with one attached hydrogen (secondary N) is 1. The molecule has 0 atom stereocenters. The molecule has 3 heterocycles. The van der Waals surface area contributed by atoms with Gasteiger partial charge in [-0.1, -0.05) is 11.3 Å². The normalized spacial score (nSPS) is 10.7. The third-order valence-corrected chi connectivity index (χ3v) is 3.65. The number of rotatable bonds is 3. The SMILES string of the molecule is Cc1nc2c(-c3cccnc3F)c(NC=O)cnc2s1. The number of nitrogens with zero attached hydrogens (tertiary/aromatic N) is 3. The molecule has 20 heavy (non-hydrogen) atoms. The largest absolute Gasteiger partial charge is 0.327 e. The minimum Gasteiger partial charge on any atom is -0.327 e. The van der Waals surface area contributed by atoms with Gasteiger partial charge in [0.25, 0.3) is 0 Å². The van der Waals surface area contributed by atoms with Crippen LogP contribution < -0.4 is 5.32 Å². The summed E-state index contributed by atoms with van der Waals surface area (Å²) in [5, 5.41) is 3.35. The summed E-state index contributed by atoms with van der Waals surface area (Å²) in [6.07, 6.45) is 3.40. The first-order chi connectivity index (χ1) is 9.70. The van der Waals surface area contributed by atoms with Crippen LogP contribution in [0.3, 0.4) is 0 Å². The number of carbonyl (C=O) groups is 1. The molecule has 0 spiro atoms. The molecule has 0 fully saturated rings. The Morgan fingerprint density at radius 2 is 2.25 bits per heavy atom. The zero-order valence-corrected chi connectivity index (χ0v) is 11.2. The van der Waals surface area contributed by atoms with E-state index < -0.39 is 5.95 Å². The van der Waals surface area contributed by atoms with Crippen LogP contribution >= 0.6 is 11.3 Å². The molecule has 0 saturated heterocycles. The second-order valence-electron chi connectivity index (χ2n) is 4.04. The van der Waals surface area contributed by atoms with Crippen molar-refractivity contribution in [1.82, 2.24) is 15.0 Å². The number of amides is 1. The Kier molecular flexibility index (Phi) is 3.11. The van der Waals surface area contributed by atoms with Crippen LogP contribution in [0.25, 0.3) is 21.5 Å². The molecule has 100 valence electrons. The quantitative estimate of drug-likeness (QED) is 0.594. The van der Waals surface area contributed by atoms with E-state index in [2.05, 4.69) is 20.3 Å². The minimum absolute atomic E-state index is 0.287. The minimum atomic E-state index is -0.611. The lowest BCUT2D eigenvalue weighted by Crippen LogP contribution is -2.00. The summed E-state index contributed by atoms with van der Waals surface area (Å²) in [6.45, 7) is 1.85. The first-order valence-electron chi connectivity index (χ1n) is 5.78. The van der Waals surface area contributed by atoms with Crippen molar-refractivity contribution in [2.45, 2.75) is 6.92 Å². The van der Waals surface area contributed by atoms with Crippen LogP contribution in [-0.4, -0.2) is 21.4 Å². The molecule has 1 N–H and O–H groups in total. The molecule has 0 saturated carbocycles. The summed E-state index contributed by atoms with van der Waals surface area (Å²) < 4.78 is 14.0. The zero-order valence-electron chi connectivity index (χ0n) is 10.4. The molecular weight excluding hydrogens is 279 g/mol. The van der Waals surface area contributed by atoms with Crippen LogP contribution in [0.15, 0.2) is 24.5 Å². The molecule has 0 unspecified atom stereocenters. The Morgan fingerprint density at radius 1 is 1.40 bits per heavy atom. The summed E-state index contributed by atoms with van der Waals surface area (Å²) in [6, 6.07) is 3.23. The third kappa shape index (κ3) is 2.01. The highest BCUT2D eigenvalue weighted by Gasteiger charge is 2.17. The Labute approximate surface area is 117 Å². The van der Waals surface area contributed by atoms with Gasteiger partial charge in [-0.3, -0.25) is 4.79 Å². The fraction of sp³-hybridized carbons (Fsp3) is 0.0769. The van der Waals surface area contributed by atoms with Crippen molar-refractivity contribution in [1.29, 1.82) is 0 Å². The Morgan fingerprint density at radius 3 is 3.00 bits per heavy atom. The topological polar surface area (TPSA) is 67.8 Å². The van der Waals surface area contributed by atoms with Gasteiger partial charge < -0.3 is 5.32 Å². The molecule has 0 aliphatic rings. The molecule has 3 rings (SSSR count). The van der Waals surface area contributed by atoms with Crippen LogP contribution in [0.4, 0.5) is 10.1 Å². The summed E-state index contributed by atoms with van der Waals surface area (Å²) in [5.41, 5.74) is 1.75. The maximum Gasteiger partial charge on any atom is 0.220 e. The number of carbonyl (C=O) groups excluding carboxylic acids is 1. The van der Waals surface area contributed by atoms with E-state index in [1.807, 2.05) is 6.92 Å². The highest BCUT2D eigenvalue weighted by molar-refractivity contribution is 7.18. The molecule has 3 aromatic heterocycles. The predicted molar refractivity (Wildman–Crippen MR) is 75.0 cm³/mol. The van der Waals surface area contributed by atoms with Crippen molar-refractivity contribution in [3.05, 3.63) is 35.5 Å². The number of anilines is 1. The van der Waals surface area contributed by atoms with Gasteiger partial charge in [0.1, 0.15) is 10.3 Å². The average Bonchev–Trinajstić information content (AvgIpc) is 2.80. The maximum absolute atomic E-state index is 14.0. The lowest BCUT2D eigenvalue weighted by atomic mass is 10.1. The first-order valence-corrected chi connectivity index (χ1v) is 6.59. The van der Waals surface area contributed by atoms with Gasteiger partial charge in [0, 0.05) is 17.3 Å². The van der Waals surface area contributed by atoms with E-state index in [0.717, 1.165) is 5.01 Å². The Balaban J connectivity index is 2.38. The first kappa shape index (κ1) is 12.6. The van der Waals surface area contributed by atoms with E-state index in [9.17, 15) is 9.18 Å². The van der Waals surface area contributed by atoms with Gasteiger partial charge in [0.05, 0.1) is 16.9 Å². The van der Waals surface area contributed by atoms with Gasteiger partial charge in [-0.25, -0.2) is 15.0 Å². The van der Waals surface area contributed by atoms with E-state index in [1.165, 1.54) is 23.7 Å². The average molecular weight is 288 g/mol. The zero-order chi connectivity index (χ0) is 14.1. The van der Waals surface area contributed by atoms with E-state index >= 15 is 0 Å². The highest BCUT2D eigenvalue weighted by atomic mass is 32.1. The number of pyridine rings is 2. The highest BCUT2D eigenvalue weighted by Crippen LogP contribution is 2.36. The summed E-state index contributed by atoms with van der Waals surface area (Å²) in [4.78, 5) is 23.7. The van der Waals surface area contributed by atoms with Gasteiger partial charge in [-0.15, -0.1) is 0 Å². The summed E-state index contributed by atoms with van der Waals surface area (Å²) >= 11 is 1.41. The van der Waals surface area contributed by atoms with E-state index in [4.69, 9.17) is 0 Å². The van der Waals surface area contributed by atoms with Gasteiger partial charge in [0.15, 0.2) is 0 Å².